The first-order chi connectivity index (χ1) is 8.99. The number of ether oxygens (including phenoxy) is 1. The van der Waals surface area contributed by atoms with Crippen molar-refractivity contribution in [3.8, 4) is 5.75 Å². The van der Waals surface area contributed by atoms with Gasteiger partial charge in [0, 0.05) is 12.6 Å². The van der Waals surface area contributed by atoms with E-state index in [1.54, 1.807) is 4.68 Å². The summed E-state index contributed by atoms with van der Waals surface area (Å²) in [6, 6.07) is 3.86. The van der Waals surface area contributed by atoms with E-state index >= 15 is 0 Å². The number of hydrogen-bond donors (Lipinski definition) is 1. The third kappa shape index (κ3) is 2.90. The third-order valence-corrected chi connectivity index (χ3v) is 3.13. The summed E-state index contributed by atoms with van der Waals surface area (Å²) in [5, 5.41) is 4.00. The van der Waals surface area contributed by atoms with E-state index < -0.39 is 0 Å². The van der Waals surface area contributed by atoms with Crippen LogP contribution in [0.5, 0.6) is 5.75 Å². The monoisotopic (exact) mass is 276 g/mol. The van der Waals surface area contributed by atoms with E-state index in [4.69, 9.17) is 22.7 Å². The first-order valence-electron chi connectivity index (χ1n) is 5.85. The minimum absolute atomic E-state index is 0.380. The maximum Gasteiger partial charge on any atom is 0.164 e. The maximum atomic E-state index is 5.82. The lowest BCUT2D eigenvalue weighted by molar-refractivity contribution is 0.286. The molecule has 1 aromatic heterocycles. The molecular formula is C13H16N4OS. The quantitative estimate of drug-likeness (QED) is 0.860. The molecule has 0 amide bonds. The second kappa shape index (κ2) is 5.36. The number of hydrogen-bond acceptors (Lipinski definition) is 4. The molecule has 0 aliphatic heterocycles. The summed E-state index contributed by atoms with van der Waals surface area (Å²) in [6.07, 6.45) is 1.51. The molecule has 1 heterocycles. The highest BCUT2D eigenvalue weighted by Gasteiger charge is 2.09. The smallest absolute Gasteiger partial charge is 0.164 e. The van der Waals surface area contributed by atoms with Crippen LogP contribution >= 0.6 is 12.2 Å². The van der Waals surface area contributed by atoms with Crippen molar-refractivity contribution in [3.05, 3.63) is 41.0 Å². The van der Waals surface area contributed by atoms with E-state index in [1.165, 1.54) is 6.33 Å². The summed E-state index contributed by atoms with van der Waals surface area (Å²) in [7, 11) is 1.83. The molecular weight excluding hydrogens is 260 g/mol. The molecule has 0 saturated heterocycles. The predicted octanol–water partition coefficient (Wildman–Crippen LogP) is 1.65. The fourth-order valence-electron chi connectivity index (χ4n) is 1.91. The van der Waals surface area contributed by atoms with Crippen LogP contribution in [-0.2, 0) is 13.7 Å². The number of benzene rings is 1. The van der Waals surface area contributed by atoms with Crippen LogP contribution in [0.3, 0.4) is 0 Å². The largest absolute Gasteiger partial charge is 0.485 e. The predicted molar refractivity (Wildman–Crippen MR) is 77.1 cm³/mol. The first kappa shape index (κ1) is 13.5. The van der Waals surface area contributed by atoms with Gasteiger partial charge >= 0.3 is 0 Å². The van der Waals surface area contributed by atoms with E-state index in [1.807, 2.05) is 33.0 Å². The summed E-state index contributed by atoms with van der Waals surface area (Å²) >= 11 is 4.99. The Kier molecular flexibility index (Phi) is 3.80. The molecule has 0 aliphatic rings. The molecule has 6 heteroatoms. The Morgan fingerprint density at radius 1 is 1.37 bits per heavy atom. The summed E-state index contributed by atoms with van der Waals surface area (Å²) in [5.74, 6) is 1.61. The van der Waals surface area contributed by atoms with Gasteiger partial charge in [0.2, 0.25) is 0 Å². The Balaban J connectivity index is 2.21. The van der Waals surface area contributed by atoms with E-state index in [0.717, 1.165) is 28.3 Å². The van der Waals surface area contributed by atoms with Crippen molar-refractivity contribution in [2.24, 2.45) is 12.8 Å². The average Bonchev–Trinajstić information content (AvgIpc) is 2.73. The van der Waals surface area contributed by atoms with Crippen LogP contribution in [-0.4, -0.2) is 19.8 Å². The van der Waals surface area contributed by atoms with Crippen LogP contribution in [0.4, 0.5) is 0 Å². The lowest BCUT2D eigenvalue weighted by atomic mass is 10.1. The molecule has 2 N–H and O–H groups in total. The van der Waals surface area contributed by atoms with Crippen molar-refractivity contribution < 1.29 is 4.74 Å². The summed E-state index contributed by atoms with van der Waals surface area (Å²) in [6.45, 7) is 4.33. The number of nitrogens with zero attached hydrogens (tertiary/aromatic N) is 3. The van der Waals surface area contributed by atoms with Gasteiger partial charge in [-0.3, -0.25) is 4.68 Å². The van der Waals surface area contributed by atoms with Crippen molar-refractivity contribution in [2.75, 3.05) is 0 Å². The minimum atomic E-state index is 0.380. The van der Waals surface area contributed by atoms with Gasteiger partial charge in [0.1, 0.15) is 23.7 Å². The van der Waals surface area contributed by atoms with Gasteiger partial charge in [-0.15, -0.1) is 0 Å². The molecule has 0 aliphatic carbocycles. The molecule has 0 fully saturated rings. The molecule has 5 nitrogen and oxygen atoms in total. The zero-order valence-corrected chi connectivity index (χ0v) is 12.0. The van der Waals surface area contributed by atoms with Crippen molar-refractivity contribution in [2.45, 2.75) is 20.5 Å². The lowest BCUT2D eigenvalue weighted by Crippen LogP contribution is -2.11. The van der Waals surface area contributed by atoms with Gasteiger partial charge in [-0.05, 0) is 37.1 Å². The van der Waals surface area contributed by atoms with Gasteiger partial charge in [-0.25, -0.2) is 4.98 Å². The Morgan fingerprint density at radius 3 is 2.47 bits per heavy atom. The van der Waals surface area contributed by atoms with Crippen LogP contribution in [0.2, 0.25) is 0 Å². The lowest BCUT2D eigenvalue weighted by Gasteiger charge is -2.13. The summed E-state index contributed by atoms with van der Waals surface area (Å²) < 4.78 is 7.51. The number of rotatable bonds is 4. The molecule has 2 rings (SSSR count). The number of thiocarbonyl (C=S) groups is 1. The van der Waals surface area contributed by atoms with Crippen LogP contribution in [0.1, 0.15) is 22.5 Å². The fourth-order valence-corrected chi connectivity index (χ4v) is 2.03. The summed E-state index contributed by atoms with van der Waals surface area (Å²) in [5.41, 5.74) is 8.51. The molecule has 0 atom stereocenters. The van der Waals surface area contributed by atoms with Gasteiger partial charge in [-0.1, -0.05) is 12.2 Å². The van der Waals surface area contributed by atoms with E-state index in [2.05, 4.69) is 10.1 Å². The minimum Gasteiger partial charge on any atom is -0.485 e. The third-order valence-electron chi connectivity index (χ3n) is 2.90. The molecule has 0 saturated carbocycles. The fraction of sp³-hybridized carbons (Fsp3) is 0.308. The molecule has 0 spiro atoms. The van der Waals surface area contributed by atoms with E-state index in [-0.39, 0.29) is 0 Å². The van der Waals surface area contributed by atoms with Crippen LogP contribution in [0, 0.1) is 13.8 Å². The SMILES string of the molecule is Cc1cc(C(N)=S)cc(C)c1OCc1ncnn1C. The molecule has 0 unspecified atom stereocenters. The average molecular weight is 276 g/mol. The molecule has 2 aromatic rings. The summed E-state index contributed by atoms with van der Waals surface area (Å²) in [4.78, 5) is 4.52. The van der Waals surface area contributed by atoms with Crippen LogP contribution in [0.25, 0.3) is 0 Å². The Labute approximate surface area is 117 Å². The molecule has 19 heavy (non-hydrogen) atoms. The Morgan fingerprint density at radius 2 is 2.00 bits per heavy atom. The van der Waals surface area contributed by atoms with E-state index in [0.29, 0.717) is 11.6 Å². The van der Waals surface area contributed by atoms with Crippen molar-refractivity contribution in [1.82, 2.24) is 14.8 Å². The maximum absolute atomic E-state index is 5.82. The Hall–Kier alpha value is -1.95. The first-order valence-corrected chi connectivity index (χ1v) is 6.26. The standard InChI is InChI=1S/C13H16N4OS/c1-8-4-10(13(14)19)5-9(2)12(8)18-6-11-15-7-16-17(11)3/h4-5,7H,6H2,1-3H3,(H2,14,19). The van der Waals surface area contributed by atoms with Gasteiger partial charge in [0.15, 0.2) is 5.82 Å². The zero-order valence-electron chi connectivity index (χ0n) is 11.2. The number of aromatic nitrogens is 3. The van der Waals surface area contributed by atoms with Gasteiger partial charge in [-0.2, -0.15) is 5.10 Å². The molecule has 0 radical (unpaired) electrons. The van der Waals surface area contributed by atoms with Crippen molar-refractivity contribution >= 4 is 17.2 Å². The van der Waals surface area contributed by atoms with Gasteiger partial charge < -0.3 is 10.5 Å². The highest BCUT2D eigenvalue weighted by Crippen LogP contribution is 2.25. The highest BCUT2D eigenvalue weighted by molar-refractivity contribution is 7.80. The molecule has 0 bridgehead atoms. The number of nitrogens with two attached hydrogens (primary N) is 1. The normalized spacial score (nSPS) is 10.5. The molecule has 100 valence electrons. The van der Waals surface area contributed by atoms with Crippen molar-refractivity contribution in [1.29, 1.82) is 0 Å². The second-order valence-electron chi connectivity index (χ2n) is 4.39. The van der Waals surface area contributed by atoms with Crippen LogP contribution in [0.15, 0.2) is 18.5 Å². The van der Waals surface area contributed by atoms with Crippen molar-refractivity contribution in [3.63, 3.8) is 0 Å². The second-order valence-corrected chi connectivity index (χ2v) is 4.83. The van der Waals surface area contributed by atoms with E-state index in [9.17, 15) is 0 Å². The topological polar surface area (TPSA) is 66.0 Å². The molecule has 1 aromatic carbocycles. The van der Waals surface area contributed by atoms with Gasteiger partial charge in [0.25, 0.3) is 0 Å². The highest BCUT2D eigenvalue weighted by atomic mass is 32.1. The Bertz CT molecular complexity index is 598. The number of aryl methyl sites for hydroxylation is 3. The zero-order chi connectivity index (χ0) is 14.0. The van der Waals surface area contributed by atoms with Crippen LogP contribution < -0.4 is 10.5 Å². The van der Waals surface area contributed by atoms with Gasteiger partial charge in [0.05, 0.1) is 0 Å².